The van der Waals surface area contributed by atoms with E-state index in [-0.39, 0.29) is 4.87 Å². The van der Waals surface area contributed by atoms with Crippen LogP contribution in [0.25, 0.3) is 0 Å². The van der Waals surface area contributed by atoms with Gasteiger partial charge in [-0.25, -0.2) is 4.79 Å². The van der Waals surface area contributed by atoms with E-state index in [1.54, 1.807) is 25.1 Å². The largest absolute Gasteiger partial charge is 0.465 e. The maximum absolute atomic E-state index is 12.0. The summed E-state index contributed by atoms with van der Waals surface area (Å²) in [7, 11) is 1.29. The minimum absolute atomic E-state index is 0.282. The standard InChI is InChI=1S/C13H12N2O4S/c1-7-10(20-13(18)14-7)11(16)15-9-5-3-4-8(6-9)12(17)19-2/h3-6H,1-2H3,(H,14,18)(H,15,16). The molecule has 0 bridgehead atoms. The number of carbonyl (C=O) groups is 2. The lowest BCUT2D eigenvalue weighted by molar-refractivity contribution is 0.0600. The average molecular weight is 292 g/mol. The van der Waals surface area contributed by atoms with Crippen LogP contribution in [0.5, 0.6) is 0 Å². The fourth-order valence-corrected chi connectivity index (χ4v) is 2.39. The molecule has 0 fully saturated rings. The van der Waals surface area contributed by atoms with Crippen LogP contribution in [0.1, 0.15) is 25.7 Å². The number of aromatic nitrogens is 1. The summed E-state index contributed by atoms with van der Waals surface area (Å²) in [4.78, 5) is 37.2. The average Bonchev–Trinajstić information content (AvgIpc) is 2.77. The predicted molar refractivity (Wildman–Crippen MR) is 75.4 cm³/mol. The molecule has 0 saturated carbocycles. The van der Waals surface area contributed by atoms with Crippen LogP contribution in [0.2, 0.25) is 0 Å². The fraction of sp³-hybridized carbons (Fsp3) is 0.154. The van der Waals surface area contributed by atoms with Crippen molar-refractivity contribution in [1.82, 2.24) is 4.98 Å². The number of aromatic amines is 1. The van der Waals surface area contributed by atoms with Crippen LogP contribution >= 0.6 is 11.3 Å². The predicted octanol–water partition coefficient (Wildman–Crippen LogP) is 1.78. The van der Waals surface area contributed by atoms with E-state index in [0.717, 1.165) is 11.3 Å². The number of nitrogens with one attached hydrogen (secondary N) is 2. The topological polar surface area (TPSA) is 88.3 Å². The highest BCUT2D eigenvalue weighted by atomic mass is 32.1. The zero-order chi connectivity index (χ0) is 14.7. The van der Waals surface area contributed by atoms with Crippen LogP contribution in [-0.4, -0.2) is 24.0 Å². The molecular weight excluding hydrogens is 280 g/mol. The second kappa shape index (κ2) is 5.70. The number of aryl methyl sites for hydroxylation is 1. The molecule has 0 saturated heterocycles. The van der Waals surface area contributed by atoms with Crippen LogP contribution in [0.15, 0.2) is 29.1 Å². The lowest BCUT2D eigenvalue weighted by Gasteiger charge is -2.05. The van der Waals surface area contributed by atoms with Gasteiger partial charge in [-0.15, -0.1) is 0 Å². The minimum Gasteiger partial charge on any atom is -0.465 e. The number of esters is 1. The van der Waals surface area contributed by atoms with Gasteiger partial charge in [-0.2, -0.15) is 0 Å². The summed E-state index contributed by atoms with van der Waals surface area (Å²) in [6.45, 7) is 1.65. The molecule has 0 spiro atoms. The minimum atomic E-state index is -0.483. The molecule has 2 aromatic rings. The van der Waals surface area contributed by atoms with Crippen LogP contribution < -0.4 is 10.2 Å². The molecule has 6 nitrogen and oxygen atoms in total. The SMILES string of the molecule is COC(=O)c1cccc(NC(=O)c2sc(=O)[nH]c2C)c1. The lowest BCUT2D eigenvalue weighted by atomic mass is 10.2. The molecule has 1 amide bonds. The molecule has 20 heavy (non-hydrogen) atoms. The summed E-state index contributed by atoms with van der Waals surface area (Å²) in [5, 5.41) is 2.64. The maximum Gasteiger partial charge on any atom is 0.337 e. The van der Waals surface area contributed by atoms with E-state index >= 15 is 0 Å². The number of carbonyl (C=O) groups excluding carboxylic acids is 2. The number of benzene rings is 1. The number of rotatable bonds is 3. The fourth-order valence-electron chi connectivity index (χ4n) is 1.65. The van der Waals surface area contributed by atoms with Gasteiger partial charge in [0.1, 0.15) is 4.88 Å². The Balaban J connectivity index is 2.22. The maximum atomic E-state index is 12.0. The first-order valence-electron chi connectivity index (χ1n) is 5.70. The third kappa shape index (κ3) is 2.94. The summed E-state index contributed by atoms with van der Waals surface area (Å²) in [5.41, 5.74) is 1.31. The van der Waals surface area contributed by atoms with E-state index in [0.29, 0.717) is 21.8 Å². The van der Waals surface area contributed by atoms with E-state index in [9.17, 15) is 14.4 Å². The first-order valence-corrected chi connectivity index (χ1v) is 6.52. The third-order valence-corrected chi connectivity index (χ3v) is 3.56. The molecule has 0 atom stereocenters. The van der Waals surface area contributed by atoms with Crippen molar-refractivity contribution in [2.45, 2.75) is 6.92 Å². The number of methoxy groups -OCH3 is 1. The second-order valence-electron chi connectivity index (χ2n) is 4.00. The number of hydrogen-bond acceptors (Lipinski definition) is 5. The van der Waals surface area contributed by atoms with Crippen LogP contribution in [-0.2, 0) is 4.74 Å². The quantitative estimate of drug-likeness (QED) is 0.844. The summed E-state index contributed by atoms with van der Waals surface area (Å²) >= 11 is 0.842. The Morgan fingerprint density at radius 2 is 2.10 bits per heavy atom. The Bertz CT molecular complexity index is 717. The van der Waals surface area contributed by atoms with Gasteiger partial charge >= 0.3 is 10.8 Å². The molecular formula is C13H12N2O4S. The van der Waals surface area contributed by atoms with Crippen LogP contribution in [0, 0.1) is 6.92 Å². The number of thiazole rings is 1. The molecule has 0 radical (unpaired) electrons. The summed E-state index contributed by atoms with van der Waals surface area (Å²) < 4.78 is 4.61. The lowest BCUT2D eigenvalue weighted by Crippen LogP contribution is -2.12. The molecule has 2 N–H and O–H groups in total. The molecule has 1 aromatic heterocycles. The highest BCUT2D eigenvalue weighted by Crippen LogP contribution is 2.15. The van der Waals surface area contributed by atoms with Crippen molar-refractivity contribution in [3.8, 4) is 0 Å². The first-order chi connectivity index (χ1) is 9.51. The Morgan fingerprint density at radius 1 is 1.35 bits per heavy atom. The van der Waals surface area contributed by atoms with Crippen molar-refractivity contribution in [2.24, 2.45) is 0 Å². The van der Waals surface area contributed by atoms with Crippen LogP contribution in [0.4, 0.5) is 5.69 Å². The summed E-state index contributed by atoms with van der Waals surface area (Å²) in [6, 6.07) is 6.37. The molecule has 1 heterocycles. The molecule has 1 aromatic carbocycles. The van der Waals surface area contributed by atoms with Gasteiger partial charge in [-0.05, 0) is 25.1 Å². The smallest absolute Gasteiger partial charge is 0.337 e. The van der Waals surface area contributed by atoms with E-state index in [2.05, 4.69) is 15.0 Å². The normalized spacial score (nSPS) is 10.1. The van der Waals surface area contributed by atoms with Crippen molar-refractivity contribution in [3.63, 3.8) is 0 Å². The zero-order valence-corrected chi connectivity index (χ0v) is 11.7. The number of ether oxygens (including phenoxy) is 1. The van der Waals surface area contributed by atoms with Crippen molar-refractivity contribution in [1.29, 1.82) is 0 Å². The van der Waals surface area contributed by atoms with Gasteiger partial charge in [0.2, 0.25) is 0 Å². The van der Waals surface area contributed by atoms with Gasteiger partial charge in [0.05, 0.1) is 12.7 Å². The third-order valence-electron chi connectivity index (χ3n) is 2.57. The van der Waals surface area contributed by atoms with Crippen molar-refractivity contribution < 1.29 is 14.3 Å². The van der Waals surface area contributed by atoms with E-state index in [4.69, 9.17) is 0 Å². The summed E-state index contributed by atoms with van der Waals surface area (Å²) in [5.74, 6) is -0.878. The van der Waals surface area contributed by atoms with Gasteiger partial charge in [-0.1, -0.05) is 17.4 Å². The molecule has 0 aliphatic rings. The number of amides is 1. The molecule has 0 aliphatic heterocycles. The highest BCUT2D eigenvalue weighted by molar-refractivity contribution is 7.11. The van der Waals surface area contributed by atoms with Crippen molar-refractivity contribution >= 4 is 28.9 Å². The van der Waals surface area contributed by atoms with Crippen molar-refractivity contribution in [2.75, 3.05) is 12.4 Å². The number of H-pyrrole nitrogens is 1. The zero-order valence-electron chi connectivity index (χ0n) is 10.9. The van der Waals surface area contributed by atoms with Gasteiger partial charge in [0.25, 0.3) is 5.91 Å². The van der Waals surface area contributed by atoms with Gasteiger partial charge in [-0.3, -0.25) is 9.59 Å². The molecule has 104 valence electrons. The van der Waals surface area contributed by atoms with Gasteiger partial charge in [0, 0.05) is 11.4 Å². The van der Waals surface area contributed by atoms with E-state index in [1.165, 1.54) is 13.2 Å². The Labute approximate surface area is 118 Å². The molecule has 0 unspecified atom stereocenters. The van der Waals surface area contributed by atoms with Gasteiger partial charge < -0.3 is 15.0 Å². The monoisotopic (exact) mass is 292 g/mol. The Kier molecular flexibility index (Phi) is 3.99. The second-order valence-corrected chi connectivity index (χ2v) is 4.98. The molecule has 0 aliphatic carbocycles. The Morgan fingerprint density at radius 3 is 2.70 bits per heavy atom. The van der Waals surface area contributed by atoms with Crippen molar-refractivity contribution in [3.05, 3.63) is 50.1 Å². The van der Waals surface area contributed by atoms with E-state index in [1.807, 2.05) is 0 Å². The van der Waals surface area contributed by atoms with E-state index < -0.39 is 11.9 Å². The number of anilines is 1. The molecule has 7 heteroatoms. The Hall–Kier alpha value is -2.41. The van der Waals surface area contributed by atoms with Gasteiger partial charge in [0.15, 0.2) is 0 Å². The first kappa shape index (κ1) is 14.0. The van der Waals surface area contributed by atoms with Crippen LogP contribution in [0.3, 0.4) is 0 Å². The summed E-state index contributed by atoms with van der Waals surface area (Å²) in [6.07, 6.45) is 0. The molecule has 2 rings (SSSR count). The number of hydrogen-bond donors (Lipinski definition) is 2. The highest BCUT2D eigenvalue weighted by Gasteiger charge is 2.14.